The second-order valence-corrected chi connectivity index (χ2v) is 14.5. The minimum Gasteiger partial charge on any atom is -0.493 e. The van der Waals surface area contributed by atoms with E-state index in [1.165, 1.54) is 11.1 Å². The van der Waals surface area contributed by atoms with Gasteiger partial charge in [0.15, 0.2) is 23.0 Å². The maximum atomic E-state index is 14.0. The van der Waals surface area contributed by atoms with E-state index in [4.69, 9.17) is 18.9 Å². The van der Waals surface area contributed by atoms with Gasteiger partial charge in [0, 0.05) is 27.7 Å². The van der Waals surface area contributed by atoms with Crippen LogP contribution in [-0.4, -0.2) is 40.0 Å². The molecule has 7 rings (SSSR count). The lowest BCUT2D eigenvalue weighted by Crippen LogP contribution is -2.30. The molecule has 0 atom stereocenters. The quantitative estimate of drug-likeness (QED) is 0.171. The van der Waals surface area contributed by atoms with E-state index in [-0.39, 0.29) is 17.0 Å². The Kier molecular flexibility index (Phi) is 6.35. The number of rotatable bonds is 8. The molecule has 3 aliphatic rings. The lowest BCUT2D eigenvalue weighted by atomic mass is 9.66. The first-order chi connectivity index (χ1) is 20.6. The third kappa shape index (κ3) is 3.62. The zero-order valence-electron chi connectivity index (χ0n) is 25.6. The van der Waals surface area contributed by atoms with Crippen LogP contribution < -0.4 is 18.9 Å². The molecule has 8 heteroatoms. The largest absolute Gasteiger partial charge is 0.493 e. The first-order valence-electron chi connectivity index (χ1n) is 14.6. The van der Waals surface area contributed by atoms with Crippen molar-refractivity contribution in [3.8, 4) is 55.0 Å². The van der Waals surface area contributed by atoms with Crippen LogP contribution in [0.5, 0.6) is 23.0 Å². The highest BCUT2D eigenvalue weighted by Gasteiger charge is 2.54. The van der Waals surface area contributed by atoms with Crippen LogP contribution in [0.1, 0.15) is 82.1 Å². The third-order valence-corrected chi connectivity index (χ3v) is 11.5. The molecule has 0 fully saturated rings. The van der Waals surface area contributed by atoms with Crippen molar-refractivity contribution in [3.63, 3.8) is 0 Å². The fourth-order valence-electron chi connectivity index (χ4n) is 7.73. The van der Waals surface area contributed by atoms with Crippen molar-refractivity contribution >= 4 is 34.2 Å². The summed E-state index contributed by atoms with van der Waals surface area (Å²) in [5.41, 5.74) is 7.26. The molecule has 2 heterocycles. The minimum absolute atomic E-state index is 0.0252. The smallest absolute Gasteiger partial charge is 0.204 e. The summed E-state index contributed by atoms with van der Waals surface area (Å²) in [4.78, 5) is 31.7. The Hall–Kier alpha value is -3.62. The summed E-state index contributed by atoms with van der Waals surface area (Å²) in [6, 6.07) is 7.57. The van der Waals surface area contributed by atoms with Crippen LogP contribution in [0.2, 0.25) is 0 Å². The average molecular weight is 615 g/mol. The van der Waals surface area contributed by atoms with E-state index >= 15 is 0 Å². The zero-order chi connectivity index (χ0) is 30.5. The van der Waals surface area contributed by atoms with Gasteiger partial charge in [-0.25, -0.2) is 0 Å². The molecule has 43 heavy (non-hydrogen) atoms. The summed E-state index contributed by atoms with van der Waals surface area (Å²) in [6.45, 7) is 9.05. The number of fused-ring (bicyclic) bond motifs is 11. The highest BCUT2D eigenvalue weighted by Crippen LogP contribution is 2.68. The first kappa shape index (κ1) is 28.2. The molecule has 0 bridgehead atoms. The highest BCUT2D eigenvalue weighted by atomic mass is 32.1. The lowest BCUT2D eigenvalue weighted by molar-refractivity contribution is 0.103. The summed E-state index contributed by atoms with van der Waals surface area (Å²) in [7, 11) is 6.44. The summed E-state index contributed by atoms with van der Waals surface area (Å²) in [5, 5.41) is 0. The van der Waals surface area contributed by atoms with Gasteiger partial charge in [-0.15, -0.1) is 22.7 Å². The topological polar surface area (TPSA) is 71.1 Å². The van der Waals surface area contributed by atoms with Gasteiger partial charge in [-0.2, -0.15) is 0 Å². The molecule has 3 aliphatic carbocycles. The molecule has 0 saturated carbocycles. The van der Waals surface area contributed by atoms with Crippen molar-refractivity contribution in [3.05, 3.63) is 56.3 Å². The van der Waals surface area contributed by atoms with Gasteiger partial charge in [0.25, 0.3) is 0 Å². The molecule has 0 amide bonds. The van der Waals surface area contributed by atoms with Crippen LogP contribution in [0.15, 0.2) is 24.3 Å². The molecule has 6 nitrogen and oxygen atoms in total. The molecule has 0 radical (unpaired) electrons. The number of ether oxygens (including phenoxy) is 4. The van der Waals surface area contributed by atoms with E-state index in [9.17, 15) is 9.59 Å². The molecule has 0 N–H and O–H groups in total. The normalized spacial score (nSPS) is 14.9. The molecule has 2 aromatic heterocycles. The average Bonchev–Trinajstić information content (AvgIpc) is 3.73. The molecular weight excluding hydrogens is 581 g/mol. The van der Waals surface area contributed by atoms with Crippen molar-refractivity contribution in [2.45, 2.75) is 46.0 Å². The highest BCUT2D eigenvalue weighted by molar-refractivity contribution is 7.25. The van der Waals surface area contributed by atoms with Gasteiger partial charge < -0.3 is 18.9 Å². The molecule has 0 saturated heterocycles. The fraction of sp³-hybridized carbons (Fsp3) is 0.371. The maximum Gasteiger partial charge on any atom is 0.204 e. The second kappa shape index (κ2) is 9.69. The van der Waals surface area contributed by atoms with Crippen LogP contribution in [0.25, 0.3) is 32.0 Å². The number of thiophene rings is 2. The van der Waals surface area contributed by atoms with Crippen molar-refractivity contribution in [1.82, 2.24) is 0 Å². The summed E-state index contributed by atoms with van der Waals surface area (Å²) in [5.74, 6) is 3.10. The van der Waals surface area contributed by atoms with Crippen molar-refractivity contribution in [2.24, 2.45) is 11.8 Å². The SMILES string of the molecule is COc1cc2c(cc1OC)-c1c(sc3c1C(CC(C)C)(CC(C)C)c1c-3sc3c1-c1cc(OC)c(OC)cc1C3=O)C2=O. The van der Waals surface area contributed by atoms with E-state index in [1.54, 1.807) is 51.1 Å². The summed E-state index contributed by atoms with van der Waals surface area (Å²) < 4.78 is 22.5. The van der Waals surface area contributed by atoms with Crippen LogP contribution in [0.4, 0.5) is 0 Å². The van der Waals surface area contributed by atoms with Gasteiger partial charge >= 0.3 is 0 Å². The van der Waals surface area contributed by atoms with Gasteiger partial charge in [-0.05, 0) is 71.2 Å². The number of methoxy groups -OCH3 is 4. The van der Waals surface area contributed by atoms with Crippen LogP contribution >= 0.6 is 22.7 Å². The minimum atomic E-state index is -0.384. The Balaban J connectivity index is 1.57. The summed E-state index contributed by atoms with van der Waals surface area (Å²) >= 11 is 3.16. The predicted molar refractivity (Wildman–Crippen MR) is 171 cm³/mol. The molecule has 0 aliphatic heterocycles. The van der Waals surface area contributed by atoms with Gasteiger partial charge in [-0.1, -0.05) is 27.7 Å². The van der Waals surface area contributed by atoms with E-state index in [0.717, 1.165) is 54.6 Å². The van der Waals surface area contributed by atoms with E-state index in [0.29, 0.717) is 46.0 Å². The Morgan fingerprint density at radius 2 is 0.884 bits per heavy atom. The number of hydrogen-bond acceptors (Lipinski definition) is 8. The third-order valence-electron chi connectivity index (χ3n) is 8.98. The van der Waals surface area contributed by atoms with Gasteiger partial charge in [0.05, 0.1) is 47.9 Å². The van der Waals surface area contributed by atoms with E-state index in [2.05, 4.69) is 27.7 Å². The zero-order valence-corrected chi connectivity index (χ0v) is 27.3. The van der Waals surface area contributed by atoms with Crippen molar-refractivity contribution < 1.29 is 28.5 Å². The van der Waals surface area contributed by atoms with E-state index < -0.39 is 0 Å². The molecule has 0 unspecified atom stereocenters. The lowest BCUT2D eigenvalue weighted by Gasteiger charge is -2.36. The number of benzene rings is 2. The monoisotopic (exact) mass is 614 g/mol. The van der Waals surface area contributed by atoms with Crippen LogP contribution in [-0.2, 0) is 5.41 Å². The standard InChI is InChI=1S/C35H34O6S2/c1-15(2)13-35(14-16(3)4)27-25-17-9-21(38-5)23(40-7)11-19(17)29(36)31(25)42-33(27)34-28(35)26-18-10-22(39-6)24(41-8)12-20(18)30(37)32(26)43-34/h9-12,15-16H,13-14H2,1-8H3. The number of ketones is 2. The second-order valence-electron chi connectivity index (χ2n) is 12.5. The number of carbonyl (C=O) groups is 2. The Morgan fingerprint density at radius 3 is 1.19 bits per heavy atom. The Bertz CT molecular complexity index is 1740. The van der Waals surface area contributed by atoms with E-state index in [1.807, 2.05) is 24.3 Å². The maximum absolute atomic E-state index is 14.0. The Morgan fingerprint density at radius 1 is 0.558 bits per heavy atom. The summed E-state index contributed by atoms with van der Waals surface area (Å²) in [6.07, 6.45) is 1.79. The fourth-order valence-corrected chi connectivity index (χ4v) is 10.6. The number of carbonyl (C=O) groups excluding carboxylic acids is 2. The van der Waals surface area contributed by atoms with Gasteiger partial charge in [-0.3, -0.25) is 9.59 Å². The molecule has 222 valence electrons. The molecule has 0 spiro atoms. The molecule has 2 aromatic carbocycles. The molecule has 4 aromatic rings. The predicted octanol–water partition coefficient (Wildman–Crippen LogP) is 8.63. The van der Waals surface area contributed by atoms with Gasteiger partial charge in [0.1, 0.15) is 0 Å². The van der Waals surface area contributed by atoms with Crippen molar-refractivity contribution in [2.75, 3.05) is 28.4 Å². The number of hydrogen-bond donors (Lipinski definition) is 0. The van der Waals surface area contributed by atoms with Crippen LogP contribution in [0, 0.1) is 11.8 Å². The molecular formula is C35H34O6S2. The Labute approximate surface area is 259 Å². The first-order valence-corrected chi connectivity index (χ1v) is 16.2. The van der Waals surface area contributed by atoms with Crippen LogP contribution in [0.3, 0.4) is 0 Å². The van der Waals surface area contributed by atoms with Crippen molar-refractivity contribution in [1.29, 1.82) is 0 Å². The van der Waals surface area contributed by atoms with Gasteiger partial charge in [0.2, 0.25) is 11.6 Å².